The topological polar surface area (TPSA) is 72.2 Å². The molecule has 0 aliphatic heterocycles. The summed E-state index contributed by atoms with van der Waals surface area (Å²) in [6, 6.07) is 7.62. The molecule has 0 saturated heterocycles. The Hall–Kier alpha value is -2.14. The summed E-state index contributed by atoms with van der Waals surface area (Å²) in [7, 11) is 0. The molecule has 4 nitrogen and oxygen atoms in total. The molecule has 3 N–H and O–H groups in total. The van der Waals surface area contributed by atoms with Crippen LogP contribution < -0.4 is 11.1 Å². The molecule has 0 radical (unpaired) electrons. The Kier molecular flexibility index (Phi) is 6.00. The Bertz CT molecular complexity index is 837. The van der Waals surface area contributed by atoms with Crippen molar-refractivity contribution in [2.24, 2.45) is 11.7 Å². The average Bonchev–Trinajstić information content (AvgIpc) is 2.99. The Morgan fingerprint density at radius 3 is 2.56 bits per heavy atom. The molecule has 1 aliphatic carbocycles. The van der Waals surface area contributed by atoms with Crippen molar-refractivity contribution in [3.63, 3.8) is 0 Å². The summed E-state index contributed by atoms with van der Waals surface area (Å²) in [6.07, 6.45) is 5.31. The molecule has 2 aromatic rings. The van der Waals surface area contributed by atoms with Crippen molar-refractivity contribution in [2.75, 3.05) is 5.32 Å². The van der Waals surface area contributed by atoms with Gasteiger partial charge < -0.3 is 11.1 Å². The van der Waals surface area contributed by atoms with E-state index in [4.69, 9.17) is 5.73 Å². The Balaban J connectivity index is 1.84. The average molecular weight is 385 g/mol. The van der Waals surface area contributed by atoms with Crippen molar-refractivity contribution in [1.29, 1.82) is 0 Å². The molecule has 1 heterocycles. The van der Waals surface area contributed by atoms with Gasteiger partial charge in [-0.05, 0) is 54.4 Å². The number of fused-ring (bicyclic) bond motifs is 1. The van der Waals surface area contributed by atoms with Crippen molar-refractivity contribution in [1.82, 2.24) is 0 Å². The number of amides is 2. The normalized spacial score (nSPS) is 16.2. The molecule has 144 valence electrons. The molecule has 1 atom stereocenters. The zero-order valence-electron chi connectivity index (χ0n) is 16.3. The third-order valence-corrected chi connectivity index (χ3v) is 6.55. The van der Waals surface area contributed by atoms with Gasteiger partial charge in [-0.2, -0.15) is 0 Å². The lowest BCUT2D eigenvalue weighted by molar-refractivity contribution is 0.1000. The first-order valence-corrected chi connectivity index (χ1v) is 10.6. The van der Waals surface area contributed by atoms with Crippen LogP contribution in [-0.2, 0) is 12.8 Å². The maximum absolute atomic E-state index is 12.7. The van der Waals surface area contributed by atoms with E-state index >= 15 is 0 Å². The number of anilines is 1. The summed E-state index contributed by atoms with van der Waals surface area (Å²) in [5, 5.41) is 3.54. The Morgan fingerprint density at radius 1 is 1.26 bits per heavy atom. The van der Waals surface area contributed by atoms with Crippen LogP contribution in [0.4, 0.5) is 5.00 Å². The number of hydrogen-bond donors (Lipinski definition) is 2. The van der Waals surface area contributed by atoms with Crippen molar-refractivity contribution < 1.29 is 9.59 Å². The fourth-order valence-corrected chi connectivity index (χ4v) is 5.21. The summed E-state index contributed by atoms with van der Waals surface area (Å²) in [5.41, 5.74) is 9.00. The molecule has 0 bridgehead atoms. The predicted octanol–water partition coefficient (Wildman–Crippen LogP) is 5.13. The molecule has 0 unspecified atom stereocenters. The summed E-state index contributed by atoms with van der Waals surface area (Å²) in [6.45, 7) is 6.45. The second kappa shape index (κ2) is 8.26. The molecule has 5 heteroatoms. The van der Waals surface area contributed by atoms with Crippen LogP contribution in [0.25, 0.3) is 0 Å². The summed E-state index contributed by atoms with van der Waals surface area (Å²) < 4.78 is 0. The molecular formula is C22H28N2O2S. The van der Waals surface area contributed by atoms with Gasteiger partial charge in [0.05, 0.1) is 5.56 Å². The summed E-state index contributed by atoms with van der Waals surface area (Å²) in [4.78, 5) is 26.0. The number of nitrogens with two attached hydrogens (primary N) is 1. The highest BCUT2D eigenvalue weighted by atomic mass is 32.1. The molecule has 2 amide bonds. The van der Waals surface area contributed by atoms with Gasteiger partial charge in [-0.15, -0.1) is 11.3 Å². The van der Waals surface area contributed by atoms with Crippen molar-refractivity contribution >= 4 is 28.2 Å². The number of carbonyl (C=O) groups excluding carboxylic acids is 2. The van der Waals surface area contributed by atoms with E-state index in [1.54, 1.807) is 0 Å². The van der Waals surface area contributed by atoms with Crippen molar-refractivity contribution in [3.05, 3.63) is 51.4 Å². The lowest BCUT2D eigenvalue weighted by Crippen LogP contribution is -2.20. The Labute approximate surface area is 165 Å². The Morgan fingerprint density at radius 2 is 1.96 bits per heavy atom. The number of benzene rings is 1. The highest BCUT2D eigenvalue weighted by Gasteiger charge is 2.28. The van der Waals surface area contributed by atoms with E-state index in [2.05, 4.69) is 26.1 Å². The number of carbonyl (C=O) groups is 2. The van der Waals surface area contributed by atoms with E-state index in [1.807, 2.05) is 24.3 Å². The zero-order chi connectivity index (χ0) is 19.6. The van der Waals surface area contributed by atoms with E-state index in [9.17, 15) is 9.59 Å². The van der Waals surface area contributed by atoms with Gasteiger partial charge in [0.25, 0.3) is 11.8 Å². The molecule has 1 aromatic carbocycles. The second-order valence-corrected chi connectivity index (χ2v) is 8.81. The standard InChI is InChI=1S/C22H28N2O2S/c1-4-5-14-6-11-17-18(12-14)27-22(19(17)20(23)25)24-21(26)16-9-7-15(8-10-16)13(2)3/h7-10,13-14H,4-6,11-12H2,1-3H3,(H2,23,25)(H,24,26)/t14-/m0/s1. The predicted molar refractivity (Wildman–Crippen MR) is 112 cm³/mol. The minimum Gasteiger partial charge on any atom is -0.365 e. The molecular weight excluding hydrogens is 356 g/mol. The quantitative estimate of drug-likeness (QED) is 0.725. The lowest BCUT2D eigenvalue weighted by atomic mass is 9.84. The zero-order valence-corrected chi connectivity index (χ0v) is 17.1. The first kappa shape index (κ1) is 19.6. The molecule has 0 fully saturated rings. The molecule has 0 saturated carbocycles. The number of thiophene rings is 1. The van der Waals surface area contributed by atoms with Gasteiger partial charge >= 0.3 is 0 Å². The molecule has 3 rings (SSSR count). The fraction of sp³-hybridized carbons (Fsp3) is 0.455. The maximum Gasteiger partial charge on any atom is 0.256 e. The van der Waals surface area contributed by atoms with Gasteiger partial charge in [-0.3, -0.25) is 9.59 Å². The number of hydrogen-bond acceptors (Lipinski definition) is 3. The van der Waals surface area contributed by atoms with Crippen molar-refractivity contribution in [2.45, 2.75) is 58.8 Å². The lowest BCUT2D eigenvalue weighted by Gasteiger charge is -2.21. The first-order chi connectivity index (χ1) is 12.9. The van der Waals surface area contributed by atoms with Gasteiger partial charge in [-0.25, -0.2) is 0 Å². The molecule has 0 spiro atoms. The highest BCUT2D eigenvalue weighted by Crippen LogP contribution is 2.40. The van der Waals surface area contributed by atoms with Crippen LogP contribution >= 0.6 is 11.3 Å². The maximum atomic E-state index is 12.7. The van der Waals surface area contributed by atoms with Crippen LogP contribution in [0.1, 0.15) is 82.7 Å². The van der Waals surface area contributed by atoms with Gasteiger partial charge in [0.2, 0.25) is 0 Å². The highest BCUT2D eigenvalue weighted by molar-refractivity contribution is 7.17. The summed E-state index contributed by atoms with van der Waals surface area (Å²) >= 11 is 1.52. The number of nitrogens with one attached hydrogen (secondary N) is 1. The van der Waals surface area contributed by atoms with Gasteiger partial charge in [0, 0.05) is 10.4 Å². The van der Waals surface area contributed by atoms with Crippen LogP contribution in [0.2, 0.25) is 0 Å². The minimum atomic E-state index is -0.452. The number of rotatable bonds is 6. The van der Waals surface area contributed by atoms with Gasteiger partial charge in [-0.1, -0.05) is 45.7 Å². The molecule has 1 aromatic heterocycles. The van der Waals surface area contributed by atoms with E-state index in [0.29, 0.717) is 28.0 Å². The van der Waals surface area contributed by atoms with Crippen LogP contribution in [0.5, 0.6) is 0 Å². The van der Waals surface area contributed by atoms with Crippen LogP contribution in [0.3, 0.4) is 0 Å². The van der Waals surface area contributed by atoms with E-state index < -0.39 is 5.91 Å². The second-order valence-electron chi connectivity index (χ2n) is 7.70. The minimum absolute atomic E-state index is 0.198. The van der Waals surface area contributed by atoms with Crippen molar-refractivity contribution in [3.8, 4) is 0 Å². The van der Waals surface area contributed by atoms with E-state index in [-0.39, 0.29) is 5.91 Å². The molecule has 1 aliphatic rings. The van der Waals surface area contributed by atoms with E-state index in [1.165, 1.54) is 34.6 Å². The van der Waals surface area contributed by atoms with Crippen LogP contribution in [0.15, 0.2) is 24.3 Å². The smallest absolute Gasteiger partial charge is 0.256 e. The SMILES string of the molecule is CCC[C@H]1CCc2c(sc(NC(=O)c3ccc(C(C)C)cc3)c2C(N)=O)C1. The van der Waals surface area contributed by atoms with Crippen LogP contribution in [0, 0.1) is 5.92 Å². The largest absolute Gasteiger partial charge is 0.365 e. The third kappa shape index (κ3) is 4.24. The first-order valence-electron chi connectivity index (χ1n) is 9.76. The monoisotopic (exact) mass is 384 g/mol. The van der Waals surface area contributed by atoms with Gasteiger partial charge in [0.15, 0.2) is 0 Å². The summed E-state index contributed by atoms with van der Waals surface area (Å²) in [5.74, 6) is 0.432. The number of primary amides is 1. The molecule has 27 heavy (non-hydrogen) atoms. The third-order valence-electron chi connectivity index (χ3n) is 5.38. The van der Waals surface area contributed by atoms with Gasteiger partial charge in [0.1, 0.15) is 5.00 Å². The van der Waals surface area contributed by atoms with E-state index in [0.717, 1.165) is 24.8 Å². The fourth-order valence-electron chi connectivity index (χ4n) is 3.85. The van der Waals surface area contributed by atoms with Crippen LogP contribution in [-0.4, -0.2) is 11.8 Å².